The van der Waals surface area contributed by atoms with Crippen LogP contribution in [0.15, 0.2) is 24.3 Å². The van der Waals surface area contributed by atoms with Crippen molar-refractivity contribution < 1.29 is 9.13 Å². The molecular formula is C16H26FN3O. The summed E-state index contributed by atoms with van der Waals surface area (Å²) in [6, 6.07) is 7.03. The summed E-state index contributed by atoms with van der Waals surface area (Å²) in [5.41, 5.74) is 0.731. The number of hydrogen-bond donors (Lipinski definition) is 1. The van der Waals surface area contributed by atoms with Gasteiger partial charge in [-0.15, -0.1) is 0 Å². The molecule has 0 aliphatic carbocycles. The van der Waals surface area contributed by atoms with Crippen LogP contribution in [0.5, 0.6) is 0 Å². The molecule has 1 aromatic carbocycles. The summed E-state index contributed by atoms with van der Waals surface area (Å²) in [4.78, 5) is 4.57. The number of rotatable bonds is 8. The number of methoxy groups -OCH3 is 1. The molecule has 0 amide bonds. The van der Waals surface area contributed by atoms with E-state index in [2.05, 4.69) is 15.1 Å². The Morgan fingerprint density at radius 3 is 2.62 bits per heavy atom. The van der Waals surface area contributed by atoms with Gasteiger partial charge in [0, 0.05) is 53.0 Å². The van der Waals surface area contributed by atoms with E-state index < -0.39 is 0 Å². The van der Waals surface area contributed by atoms with Crippen LogP contribution in [0.3, 0.4) is 0 Å². The molecule has 118 valence electrons. The maximum Gasteiger partial charge on any atom is 0.146 e. The molecule has 0 spiro atoms. The van der Waals surface area contributed by atoms with E-state index in [4.69, 9.17) is 4.74 Å². The SMILES string of the molecule is COCCCNCCN1CCN(c2ccccc2F)CC1. The number of benzene rings is 1. The molecule has 1 heterocycles. The quantitative estimate of drug-likeness (QED) is 0.737. The Kier molecular flexibility index (Phi) is 6.92. The smallest absolute Gasteiger partial charge is 0.146 e. The van der Waals surface area contributed by atoms with Crippen molar-refractivity contribution in [2.75, 3.05) is 64.4 Å². The third-order valence-electron chi connectivity index (χ3n) is 3.87. The first-order valence-corrected chi connectivity index (χ1v) is 7.73. The lowest BCUT2D eigenvalue weighted by atomic mass is 10.2. The second kappa shape index (κ2) is 8.97. The standard InChI is InChI=1S/C16H26FN3O/c1-21-14-4-7-18-8-9-19-10-12-20(13-11-19)16-6-3-2-5-15(16)17/h2-3,5-6,18H,4,7-14H2,1H3. The van der Waals surface area contributed by atoms with Gasteiger partial charge in [0.15, 0.2) is 0 Å². The topological polar surface area (TPSA) is 27.7 Å². The molecule has 0 saturated carbocycles. The van der Waals surface area contributed by atoms with Gasteiger partial charge in [0.05, 0.1) is 5.69 Å². The van der Waals surface area contributed by atoms with Crippen LogP contribution in [0.2, 0.25) is 0 Å². The zero-order chi connectivity index (χ0) is 14.9. The number of piperazine rings is 1. The third-order valence-corrected chi connectivity index (χ3v) is 3.87. The fourth-order valence-corrected chi connectivity index (χ4v) is 2.62. The largest absolute Gasteiger partial charge is 0.385 e. The molecule has 2 rings (SSSR count). The first kappa shape index (κ1) is 16.2. The Labute approximate surface area is 126 Å². The van der Waals surface area contributed by atoms with Gasteiger partial charge in [-0.25, -0.2) is 4.39 Å². The van der Waals surface area contributed by atoms with Gasteiger partial charge in [0.1, 0.15) is 5.82 Å². The average Bonchev–Trinajstić information content (AvgIpc) is 2.52. The van der Waals surface area contributed by atoms with Crippen molar-refractivity contribution >= 4 is 5.69 Å². The number of anilines is 1. The van der Waals surface area contributed by atoms with Crippen LogP contribution in [-0.2, 0) is 4.74 Å². The summed E-state index contributed by atoms with van der Waals surface area (Å²) in [6.07, 6.45) is 1.05. The molecule has 0 bridgehead atoms. The molecule has 1 N–H and O–H groups in total. The molecule has 1 saturated heterocycles. The van der Waals surface area contributed by atoms with Crippen LogP contribution < -0.4 is 10.2 Å². The molecule has 4 nitrogen and oxygen atoms in total. The van der Waals surface area contributed by atoms with E-state index in [1.807, 2.05) is 12.1 Å². The fourth-order valence-electron chi connectivity index (χ4n) is 2.62. The minimum Gasteiger partial charge on any atom is -0.385 e. The second-order valence-corrected chi connectivity index (χ2v) is 5.38. The summed E-state index contributed by atoms with van der Waals surface area (Å²) < 4.78 is 18.8. The zero-order valence-corrected chi connectivity index (χ0v) is 12.9. The third kappa shape index (κ3) is 5.26. The Bertz CT molecular complexity index is 408. The van der Waals surface area contributed by atoms with E-state index in [1.165, 1.54) is 6.07 Å². The van der Waals surface area contributed by atoms with Crippen molar-refractivity contribution in [1.29, 1.82) is 0 Å². The fraction of sp³-hybridized carbons (Fsp3) is 0.625. The van der Waals surface area contributed by atoms with Crippen LogP contribution in [0, 0.1) is 5.82 Å². The Morgan fingerprint density at radius 1 is 1.14 bits per heavy atom. The number of nitrogens with one attached hydrogen (secondary N) is 1. The van der Waals surface area contributed by atoms with Crippen LogP contribution in [0.1, 0.15) is 6.42 Å². The zero-order valence-electron chi connectivity index (χ0n) is 12.9. The summed E-state index contributed by atoms with van der Waals surface area (Å²) in [5, 5.41) is 3.42. The number of ether oxygens (including phenoxy) is 1. The Balaban J connectivity index is 1.63. The lowest BCUT2D eigenvalue weighted by Crippen LogP contribution is -2.48. The van der Waals surface area contributed by atoms with Gasteiger partial charge in [-0.05, 0) is 25.1 Å². The molecule has 5 heteroatoms. The van der Waals surface area contributed by atoms with Gasteiger partial charge in [0.2, 0.25) is 0 Å². The molecule has 0 atom stereocenters. The van der Waals surface area contributed by atoms with E-state index in [9.17, 15) is 4.39 Å². The predicted octanol–water partition coefficient (Wildman–Crippen LogP) is 1.57. The van der Waals surface area contributed by atoms with E-state index in [1.54, 1.807) is 13.2 Å². The molecule has 1 aliphatic rings. The van der Waals surface area contributed by atoms with Crippen LogP contribution >= 0.6 is 0 Å². The van der Waals surface area contributed by atoms with E-state index in [-0.39, 0.29) is 5.82 Å². The summed E-state index contributed by atoms with van der Waals surface area (Å²) in [5.74, 6) is -0.120. The van der Waals surface area contributed by atoms with Crippen molar-refractivity contribution in [3.8, 4) is 0 Å². The van der Waals surface area contributed by atoms with Gasteiger partial charge in [-0.3, -0.25) is 4.90 Å². The minimum atomic E-state index is -0.120. The van der Waals surface area contributed by atoms with Crippen molar-refractivity contribution in [3.63, 3.8) is 0 Å². The lowest BCUT2D eigenvalue weighted by molar-refractivity contribution is 0.193. The van der Waals surface area contributed by atoms with E-state index >= 15 is 0 Å². The van der Waals surface area contributed by atoms with E-state index in [0.717, 1.165) is 64.5 Å². The number of hydrogen-bond acceptors (Lipinski definition) is 4. The van der Waals surface area contributed by atoms with Crippen molar-refractivity contribution in [1.82, 2.24) is 10.2 Å². The number of nitrogens with zero attached hydrogens (tertiary/aromatic N) is 2. The molecule has 0 radical (unpaired) electrons. The van der Waals surface area contributed by atoms with Crippen LogP contribution in [-0.4, -0.2) is 64.4 Å². The van der Waals surface area contributed by atoms with E-state index in [0.29, 0.717) is 0 Å². The Morgan fingerprint density at radius 2 is 1.90 bits per heavy atom. The normalized spacial score (nSPS) is 16.4. The molecule has 21 heavy (non-hydrogen) atoms. The number of halogens is 1. The summed E-state index contributed by atoms with van der Waals surface area (Å²) in [6.45, 7) is 7.65. The first-order valence-electron chi connectivity index (χ1n) is 7.73. The highest BCUT2D eigenvalue weighted by Gasteiger charge is 2.18. The van der Waals surface area contributed by atoms with Gasteiger partial charge in [-0.2, -0.15) is 0 Å². The van der Waals surface area contributed by atoms with Gasteiger partial charge in [0.25, 0.3) is 0 Å². The van der Waals surface area contributed by atoms with Gasteiger partial charge in [-0.1, -0.05) is 12.1 Å². The lowest BCUT2D eigenvalue weighted by Gasteiger charge is -2.36. The molecule has 1 fully saturated rings. The van der Waals surface area contributed by atoms with Crippen molar-refractivity contribution in [3.05, 3.63) is 30.1 Å². The molecule has 1 aliphatic heterocycles. The van der Waals surface area contributed by atoms with Gasteiger partial charge < -0.3 is 15.0 Å². The van der Waals surface area contributed by atoms with Crippen LogP contribution in [0.25, 0.3) is 0 Å². The van der Waals surface area contributed by atoms with Crippen molar-refractivity contribution in [2.45, 2.75) is 6.42 Å². The highest BCUT2D eigenvalue weighted by Crippen LogP contribution is 2.19. The molecule has 1 aromatic rings. The second-order valence-electron chi connectivity index (χ2n) is 5.38. The molecule has 0 aromatic heterocycles. The summed E-state index contributed by atoms with van der Waals surface area (Å²) >= 11 is 0. The van der Waals surface area contributed by atoms with Crippen molar-refractivity contribution in [2.24, 2.45) is 0 Å². The molecular weight excluding hydrogens is 269 g/mol. The maximum absolute atomic E-state index is 13.7. The highest BCUT2D eigenvalue weighted by molar-refractivity contribution is 5.47. The Hall–Kier alpha value is -1.17. The average molecular weight is 295 g/mol. The van der Waals surface area contributed by atoms with Gasteiger partial charge >= 0.3 is 0 Å². The first-order chi connectivity index (χ1) is 10.3. The monoisotopic (exact) mass is 295 g/mol. The minimum absolute atomic E-state index is 0.120. The maximum atomic E-state index is 13.7. The summed E-state index contributed by atoms with van der Waals surface area (Å²) in [7, 11) is 1.73. The van der Waals surface area contributed by atoms with Crippen LogP contribution in [0.4, 0.5) is 10.1 Å². The predicted molar refractivity (Wildman–Crippen MR) is 84.4 cm³/mol. The highest BCUT2D eigenvalue weighted by atomic mass is 19.1. The number of para-hydroxylation sites is 1. The molecule has 0 unspecified atom stereocenters.